The van der Waals surface area contributed by atoms with Crippen molar-refractivity contribution in [1.29, 1.82) is 0 Å². The van der Waals surface area contributed by atoms with E-state index in [2.05, 4.69) is 6.92 Å². The van der Waals surface area contributed by atoms with Crippen LogP contribution in [0.5, 0.6) is 0 Å². The SMILES string of the molecule is CCC1CN(C(=O)[C@H](C)N)CCO1. The van der Waals surface area contributed by atoms with Gasteiger partial charge in [0, 0.05) is 13.1 Å². The Morgan fingerprint density at radius 3 is 3.00 bits per heavy atom. The van der Waals surface area contributed by atoms with Crippen molar-refractivity contribution < 1.29 is 9.53 Å². The number of hydrogen-bond acceptors (Lipinski definition) is 3. The molecule has 0 aromatic rings. The van der Waals surface area contributed by atoms with Gasteiger partial charge in [-0.2, -0.15) is 0 Å². The molecule has 1 aliphatic heterocycles. The fourth-order valence-electron chi connectivity index (χ4n) is 1.45. The van der Waals surface area contributed by atoms with Gasteiger partial charge in [-0.15, -0.1) is 0 Å². The minimum Gasteiger partial charge on any atom is -0.375 e. The third-order valence-electron chi connectivity index (χ3n) is 2.30. The molecule has 4 nitrogen and oxygen atoms in total. The summed E-state index contributed by atoms with van der Waals surface area (Å²) in [5.74, 6) is 0.0294. The minimum absolute atomic E-state index is 0.0294. The van der Waals surface area contributed by atoms with E-state index in [-0.39, 0.29) is 12.0 Å². The number of hydrogen-bond donors (Lipinski definition) is 1. The largest absolute Gasteiger partial charge is 0.375 e. The van der Waals surface area contributed by atoms with Gasteiger partial charge in [0.15, 0.2) is 0 Å². The van der Waals surface area contributed by atoms with Crippen LogP contribution < -0.4 is 5.73 Å². The van der Waals surface area contributed by atoms with Crippen LogP contribution in [-0.4, -0.2) is 42.6 Å². The van der Waals surface area contributed by atoms with E-state index >= 15 is 0 Å². The lowest BCUT2D eigenvalue weighted by atomic mass is 10.2. The number of nitrogens with two attached hydrogens (primary N) is 1. The van der Waals surface area contributed by atoms with E-state index in [1.54, 1.807) is 11.8 Å². The van der Waals surface area contributed by atoms with Crippen LogP contribution in [0.25, 0.3) is 0 Å². The highest BCUT2D eigenvalue weighted by Crippen LogP contribution is 2.08. The van der Waals surface area contributed by atoms with Gasteiger partial charge in [0.2, 0.25) is 5.91 Å². The van der Waals surface area contributed by atoms with Crippen molar-refractivity contribution in [2.45, 2.75) is 32.4 Å². The normalized spacial score (nSPS) is 25.8. The molecule has 4 heteroatoms. The first kappa shape index (κ1) is 10.5. The van der Waals surface area contributed by atoms with Crippen LogP contribution in [0.2, 0.25) is 0 Å². The summed E-state index contributed by atoms with van der Waals surface area (Å²) in [6.07, 6.45) is 1.14. The highest BCUT2D eigenvalue weighted by Gasteiger charge is 2.24. The number of nitrogens with zero attached hydrogens (tertiary/aromatic N) is 1. The van der Waals surface area contributed by atoms with Crippen LogP contribution in [0.15, 0.2) is 0 Å². The maximum Gasteiger partial charge on any atom is 0.239 e. The molecular formula is C9H18N2O2. The number of carbonyl (C=O) groups is 1. The lowest BCUT2D eigenvalue weighted by Crippen LogP contribution is -2.50. The maximum absolute atomic E-state index is 11.5. The molecule has 1 amide bonds. The van der Waals surface area contributed by atoms with E-state index in [1.807, 2.05) is 0 Å². The first-order chi connectivity index (χ1) is 6.15. The fourth-order valence-corrected chi connectivity index (χ4v) is 1.45. The van der Waals surface area contributed by atoms with Crippen molar-refractivity contribution in [2.75, 3.05) is 19.7 Å². The molecule has 0 spiro atoms. The van der Waals surface area contributed by atoms with E-state index in [0.29, 0.717) is 19.7 Å². The van der Waals surface area contributed by atoms with Gasteiger partial charge in [-0.3, -0.25) is 4.79 Å². The fraction of sp³-hybridized carbons (Fsp3) is 0.889. The summed E-state index contributed by atoms with van der Waals surface area (Å²) in [6.45, 7) is 5.79. The zero-order valence-corrected chi connectivity index (χ0v) is 8.32. The van der Waals surface area contributed by atoms with Gasteiger partial charge in [-0.1, -0.05) is 6.92 Å². The summed E-state index contributed by atoms with van der Waals surface area (Å²) in [7, 11) is 0. The van der Waals surface area contributed by atoms with Crippen LogP contribution in [0.4, 0.5) is 0 Å². The molecule has 0 aliphatic carbocycles. The lowest BCUT2D eigenvalue weighted by molar-refractivity contribution is -0.139. The molecule has 1 saturated heterocycles. The van der Waals surface area contributed by atoms with Crippen molar-refractivity contribution >= 4 is 5.91 Å². The van der Waals surface area contributed by atoms with Crippen molar-refractivity contribution in [3.63, 3.8) is 0 Å². The third kappa shape index (κ3) is 2.67. The van der Waals surface area contributed by atoms with Gasteiger partial charge in [-0.25, -0.2) is 0 Å². The molecule has 2 N–H and O–H groups in total. The van der Waals surface area contributed by atoms with Gasteiger partial charge in [0.25, 0.3) is 0 Å². The Bertz CT molecular complexity index is 182. The predicted octanol–water partition coefficient (Wildman–Crippen LogP) is -0.0290. The summed E-state index contributed by atoms with van der Waals surface area (Å²) in [6, 6.07) is -0.393. The molecule has 1 unspecified atom stereocenters. The van der Waals surface area contributed by atoms with E-state index in [9.17, 15) is 4.79 Å². The molecule has 0 bridgehead atoms. The van der Waals surface area contributed by atoms with Crippen molar-refractivity contribution in [3.05, 3.63) is 0 Å². The van der Waals surface area contributed by atoms with Gasteiger partial charge in [0.1, 0.15) is 0 Å². The first-order valence-corrected chi connectivity index (χ1v) is 4.81. The van der Waals surface area contributed by atoms with Gasteiger partial charge >= 0.3 is 0 Å². The monoisotopic (exact) mass is 186 g/mol. The average molecular weight is 186 g/mol. The Morgan fingerprint density at radius 1 is 1.77 bits per heavy atom. The molecular weight excluding hydrogens is 168 g/mol. The van der Waals surface area contributed by atoms with Crippen LogP contribution >= 0.6 is 0 Å². The third-order valence-corrected chi connectivity index (χ3v) is 2.30. The van der Waals surface area contributed by atoms with Crippen molar-refractivity contribution in [2.24, 2.45) is 5.73 Å². The number of carbonyl (C=O) groups excluding carboxylic acids is 1. The van der Waals surface area contributed by atoms with Crippen molar-refractivity contribution in [3.8, 4) is 0 Å². The molecule has 0 aromatic carbocycles. The number of rotatable bonds is 2. The van der Waals surface area contributed by atoms with E-state index in [0.717, 1.165) is 6.42 Å². The van der Waals surface area contributed by atoms with E-state index in [1.165, 1.54) is 0 Å². The number of ether oxygens (including phenoxy) is 1. The zero-order chi connectivity index (χ0) is 9.84. The Labute approximate surface area is 79.0 Å². The van der Waals surface area contributed by atoms with Gasteiger partial charge < -0.3 is 15.4 Å². The number of morpholine rings is 1. The van der Waals surface area contributed by atoms with Crippen molar-refractivity contribution in [1.82, 2.24) is 4.90 Å². The molecule has 1 aliphatic rings. The summed E-state index contributed by atoms with van der Waals surface area (Å²) < 4.78 is 5.45. The number of amides is 1. The highest BCUT2D eigenvalue weighted by atomic mass is 16.5. The zero-order valence-electron chi connectivity index (χ0n) is 8.32. The summed E-state index contributed by atoms with van der Waals surface area (Å²) in [5.41, 5.74) is 5.52. The average Bonchev–Trinajstić information content (AvgIpc) is 2.16. The predicted molar refractivity (Wildman–Crippen MR) is 50.3 cm³/mol. The smallest absolute Gasteiger partial charge is 0.239 e. The standard InChI is InChI=1S/C9H18N2O2/c1-3-8-6-11(4-5-13-8)9(12)7(2)10/h7-8H,3-6,10H2,1-2H3/t7-,8?/m0/s1. The highest BCUT2D eigenvalue weighted by molar-refractivity contribution is 5.81. The molecule has 13 heavy (non-hydrogen) atoms. The topological polar surface area (TPSA) is 55.6 Å². The molecule has 0 saturated carbocycles. The van der Waals surface area contributed by atoms with Crippen LogP contribution in [0.3, 0.4) is 0 Å². The summed E-state index contributed by atoms with van der Waals surface area (Å²) in [5, 5.41) is 0. The second kappa shape index (κ2) is 4.58. The van der Waals surface area contributed by atoms with Crippen LogP contribution in [0, 0.1) is 0 Å². The first-order valence-electron chi connectivity index (χ1n) is 4.81. The molecule has 0 radical (unpaired) electrons. The summed E-state index contributed by atoms with van der Waals surface area (Å²) in [4.78, 5) is 13.3. The maximum atomic E-state index is 11.5. The second-order valence-corrected chi connectivity index (χ2v) is 3.47. The Hall–Kier alpha value is -0.610. The Morgan fingerprint density at radius 2 is 2.46 bits per heavy atom. The van der Waals surface area contributed by atoms with Crippen LogP contribution in [0.1, 0.15) is 20.3 Å². The molecule has 1 heterocycles. The molecule has 1 rings (SSSR count). The minimum atomic E-state index is -0.393. The quantitative estimate of drug-likeness (QED) is 0.659. The second-order valence-electron chi connectivity index (χ2n) is 3.47. The lowest BCUT2D eigenvalue weighted by Gasteiger charge is -2.33. The molecule has 76 valence electrons. The van der Waals surface area contributed by atoms with Gasteiger partial charge in [0.05, 0.1) is 18.8 Å². The molecule has 2 atom stereocenters. The Kier molecular flexibility index (Phi) is 3.69. The van der Waals surface area contributed by atoms with E-state index in [4.69, 9.17) is 10.5 Å². The van der Waals surface area contributed by atoms with E-state index < -0.39 is 6.04 Å². The molecule has 0 aromatic heterocycles. The Balaban J connectivity index is 2.46. The van der Waals surface area contributed by atoms with Crippen LogP contribution in [-0.2, 0) is 9.53 Å². The van der Waals surface area contributed by atoms with Gasteiger partial charge in [-0.05, 0) is 13.3 Å². The summed E-state index contributed by atoms with van der Waals surface area (Å²) >= 11 is 0. The molecule has 1 fully saturated rings.